The Balaban J connectivity index is 1.52. The van der Waals surface area contributed by atoms with E-state index in [2.05, 4.69) is 34.7 Å². The third-order valence-corrected chi connectivity index (χ3v) is 5.90. The molecule has 0 bridgehead atoms. The number of thioether (sulfide) groups is 1. The van der Waals surface area contributed by atoms with Crippen LogP contribution < -0.4 is 15.4 Å². The Labute approximate surface area is 191 Å². The summed E-state index contributed by atoms with van der Waals surface area (Å²) in [6.45, 7) is 4.46. The number of rotatable bonds is 9. The number of aromatic nitrogens is 3. The van der Waals surface area contributed by atoms with Gasteiger partial charge in [0.25, 0.3) is 5.91 Å². The minimum Gasteiger partial charge on any atom is -0.496 e. The highest BCUT2D eigenvalue weighted by molar-refractivity contribution is 7.99. The monoisotopic (exact) mass is 453 g/mol. The van der Waals surface area contributed by atoms with Crippen molar-refractivity contribution in [1.29, 1.82) is 0 Å². The Morgan fingerprint density at radius 2 is 1.81 bits per heavy atom. The van der Waals surface area contributed by atoms with E-state index in [1.807, 2.05) is 24.3 Å². The molecule has 2 N–H and O–H groups in total. The second-order valence-electron chi connectivity index (χ2n) is 7.45. The third kappa shape index (κ3) is 5.88. The molecule has 0 aliphatic heterocycles. The summed E-state index contributed by atoms with van der Waals surface area (Å²) in [5.74, 6) is 1.35. The van der Waals surface area contributed by atoms with E-state index in [0.717, 1.165) is 5.69 Å². The van der Waals surface area contributed by atoms with E-state index in [-0.39, 0.29) is 24.1 Å². The predicted molar refractivity (Wildman–Crippen MR) is 125 cm³/mol. The van der Waals surface area contributed by atoms with Crippen LogP contribution in [0, 0.1) is 0 Å². The minimum absolute atomic E-state index is 0.124. The summed E-state index contributed by atoms with van der Waals surface area (Å²) in [6, 6.07) is 14.8. The van der Waals surface area contributed by atoms with Crippen LogP contribution in [0.3, 0.4) is 0 Å². The van der Waals surface area contributed by atoms with E-state index >= 15 is 0 Å². The predicted octanol–water partition coefficient (Wildman–Crippen LogP) is 3.61. The quantitative estimate of drug-likeness (QED) is 0.481. The molecule has 0 saturated carbocycles. The zero-order chi connectivity index (χ0) is 23.1. The van der Waals surface area contributed by atoms with E-state index in [1.54, 1.807) is 35.9 Å². The molecule has 0 unspecified atom stereocenters. The normalized spacial score (nSPS) is 10.8. The largest absolute Gasteiger partial charge is 0.496 e. The number of nitrogens with one attached hydrogen (secondary N) is 2. The van der Waals surface area contributed by atoms with Gasteiger partial charge >= 0.3 is 0 Å². The van der Waals surface area contributed by atoms with Crippen LogP contribution >= 0.6 is 11.8 Å². The first-order valence-corrected chi connectivity index (χ1v) is 11.2. The van der Waals surface area contributed by atoms with E-state index < -0.39 is 0 Å². The molecule has 3 aromatic rings. The summed E-state index contributed by atoms with van der Waals surface area (Å²) in [5, 5.41) is 14.6. The van der Waals surface area contributed by atoms with Crippen molar-refractivity contribution >= 4 is 29.3 Å². The molecule has 9 heteroatoms. The highest BCUT2D eigenvalue weighted by Gasteiger charge is 2.15. The van der Waals surface area contributed by atoms with Crippen LogP contribution in [0.1, 0.15) is 41.5 Å². The van der Waals surface area contributed by atoms with Crippen molar-refractivity contribution < 1.29 is 14.3 Å². The fourth-order valence-electron chi connectivity index (χ4n) is 2.99. The van der Waals surface area contributed by atoms with E-state index in [1.165, 1.54) is 24.4 Å². The number of hydrogen-bond donors (Lipinski definition) is 2. The molecule has 168 valence electrons. The van der Waals surface area contributed by atoms with Gasteiger partial charge in [-0.15, -0.1) is 10.2 Å². The Morgan fingerprint density at radius 1 is 1.09 bits per heavy atom. The number of ether oxygens (including phenoxy) is 1. The highest BCUT2D eigenvalue weighted by atomic mass is 32.2. The molecule has 8 nitrogen and oxygen atoms in total. The number of nitrogens with zero attached hydrogens (tertiary/aromatic N) is 3. The molecule has 0 spiro atoms. The van der Waals surface area contributed by atoms with Crippen LogP contribution in [0.5, 0.6) is 5.75 Å². The number of methoxy groups -OCH3 is 1. The number of amides is 2. The van der Waals surface area contributed by atoms with Crippen molar-refractivity contribution in [1.82, 2.24) is 20.1 Å². The fourth-order valence-corrected chi connectivity index (χ4v) is 3.72. The Kier molecular flexibility index (Phi) is 7.88. The Bertz CT molecular complexity index is 1080. The van der Waals surface area contributed by atoms with Gasteiger partial charge in [-0.3, -0.25) is 9.59 Å². The maximum absolute atomic E-state index is 12.5. The first-order chi connectivity index (χ1) is 15.4. The summed E-state index contributed by atoms with van der Waals surface area (Å²) >= 11 is 1.28. The summed E-state index contributed by atoms with van der Waals surface area (Å²) in [5.41, 5.74) is 2.43. The molecule has 3 rings (SSSR count). The lowest BCUT2D eigenvalue weighted by molar-refractivity contribution is -0.113. The Hall–Kier alpha value is -3.33. The van der Waals surface area contributed by atoms with Crippen LogP contribution in [0.15, 0.2) is 53.7 Å². The number of carbonyl (C=O) groups is 2. The molecule has 0 saturated heterocycles. The molecule has 0 radical (unpaired) electrons. The van der Waals surface area contributed by atoms with Crippen molar-refractivity contribution in [2.24, 2.45) is 7.05 Å². The lowest BCUT2D eigenvalue weighted by atomic mass is 10.0. The number of anilines is 1. The summed E-state index contributed by atoms with van der Waals surface area (Å²) in [7, 11) is 3.32. The first-order valence-electron chi connectivity index (χ1n) is 10.2. The second-order valence-corrected chi connectivity index (χ2v) is 8.40. The summed E-state index contributed by atoms with van der Waals surface area (Å²) in [4.78, 5) is 24.8. The summed E-state index contributed by atoms with van der Waals surface area (Å²) < 4.78 is 6.99. The highest BCUT2D eigenvalue weighted by Crippen LogP contribution is 2.20. The number of para-hydroxylation sites is 1. The lowest BCUT2D eigenvalue weighted by Crippen LogP contribution is -2.25. The third-order valence-electron chi connectivity index (χ3n) is 4.88. The molecule has 1 aromatic heterocycles. The standard InChI is InChI=1S/C23H27N5O3S/c1-15(2)16-9-11-17(12-10-16)25-21(29)14-32-23-27-26-20(28(23)3)13-24-22(30)18-7-5-6-8-19(18)31-4/h5-12,15H,13-14H2,1-4H3,(H,24,30)(H,25,29). The van der Waals surface area contributed by atoms with E-state index in [9.17, 15) is 9.59 Å². The molecule has 0 atom stereocenters. The van der Waals surface area contributed by atoms with Crippen molar-refractivity contribution in [3.05, 3.63) is 65.5 Å². The molecule has 1 heterocycles. The van der Waals surface area contributed by atoms with Crippen molar-refractivity contribution in [3.63, 3.8) is 0 Å². The van der Waals surface area contributed by atoms with Gasteiger partial charge in [0.2, 0.25) is 5.91 Å². The van der Waals surface area contributed by atoms with Gasteiger partial charge in [0.15, 0.2) is 11.0 Å². The van der Waals surface area contributed by atoms with Gasteiger partial charge in [0.05, 0.1) is 25.0 Å². The van der Waals surface area contributed by atoms with Crippen molar-refractivity contribution in [2.45, 2.75) is 31.5 Å². The average Bonchev–Trinajstić information content (AvgIpc) is 3.15. The Morgan fingerprint density at radius 3 is 2.50 bits per heavy atom. The van der Waals surface area contributed by atoms with Crippen LogP contribution in [0.2, 0.25) is 0 Å². The zero-order valence-electron chi connectivity index (χ0n) is 18.6. The molecule has 0 aliphatic rings. The smallest absolute Gasteiger partial charge is 0.255 e. The summed E-state index contributed by atoms with van der Waals surface area (Å²) in [6.07, 6.45) is 0. The van der Waals surface area contributed by atoms with E-state index in [4.69, 9.17) is 4.74 Å². The van der Waals surface area contributed by atoms with Crippen LogP contribution in [-0.4, -0.2) is 39.4 Å². The van der Waals surface area contributed by atoms with Gasteiger partial charge in [-0.1, -0.05) is 49.9 Å². The van der Waals surface area contributed by atoms with Gasteiger partial charge < -0.3 is 19.9 Å². The molecule has 0 aliphatic carbocycles. The van der Waals surface area contributed by atoms with Crippen LogP contribution in [0.4, 0.5) is 5.69 Å². The molecular formula is C23H27N5O3S. The zero-order valence-corrected chi connectivity index (χ0v) is 19.4. The number of benzene rings is 2. The second kappa shape index (κ2) is 10.8. The van der Waals surface area contributed by atoms with Crippen molar-refractivity contribution in [3.8, 4) is 5.75 Å². The first kappa shape index (κ1) is 23.3. The maximum atomic E-state index is 12.5. The maximum Gasteiger partial charge on any atom is 0.255 e. The van der Waals surface area contributed by atoms with Crippen molar-refractivity contribution in [2.75, 3.05) is 18.2 Å². The molecule has 0 fully saturated rings. The number of carbonyl (C=O) groups excluding carboxylic acids is 2. The van der Waals surface area contributed by atoms with Gasteiger partial charge in [0, 0.05) is 12.7 Å². The molecule has 2 amide bonds. The average molecular weight is 454 g/mol. The molecule has 2 aromatic carbocycles. The van der Waals surface area contributed by atoms with Gasteiger partial charge in [-0.05, 0) is 35.7 Å². The van der Waals surface area contributed by atoms with Crippen LogP contribution in [0.25, 0.3) is 0 Å². The minimum atomic E-state index is -0.262. The molecule has 32 heavy (non-hydrogen) atoms. The molecular weight excluding hydrogens is 426 g/mol. The fraction of sp³-hybridized carbons (Fsp3) is 0.304. The van der Waals surface area contributed by atoms with Gasteiger partial charge in [-0.2, -0.15) is 0 Å². The SMILES string of the molecule is COc1ccccc1C(=O)NCc1nnc(SCC(=O)Nc2ccc(C(C)C)cc2)n1C. The van der Waals surface area contributed by atoms with Gasteiger partial charge in [-0.25, -0.2) is 0 Å². The van der Waals surface area contributed by atoms with Crippen LogP contribution in [-0.2, 0) is 18.4 Å². The number of hydrogen-bond acceptors (Lipinski definition) is 6. The lowest BCUT2D eigenvalue weighted by Gasteiger charge is -2.09. The van der Waals surface area contributed by atoms with Gasteiger partial charge in [0.1, 0.15) is 5.75 Å². The van der Waals surface area contributed by atoms with E-state index in [0.29, 0.717) is 28.2 Å². The topological polar surface area (TPSA) is 98.1 Å².